The number of hydrogen-bond donors (Lipinski definition) is 1. The molecule has 2 aromatic carbocycles. The van der Waals surface area contributed by atoms with E-state index in [9.17, 15) is 22.0 Å². The fourth-order valence-electron chi connectivity index (χ4n) is 2.06. The van der Waals surface area contributed by atoms with Gasteiger partial charge in [-0.15, -0.1) is 0 Å². The molecule has 2 rings (SSSR count). The predicted molar refractivity (Wildman–Crippen MR) is 90.9 cm³/mol. The van der Waals surface area contributed by atoms with Gasteiger partial charge in [-0.2, -0.15) is 4.31 Å². The van der Waals surface area contributed by atoms with Gasteiger partial charge in [0, 0.05) is 23.3 Å². The van der Waals surface area contributed by atoms with Crippen molar-refractivity contribution in [3.63, 3.8) is 0 Å². The predicted octanol–water partition coefficient (Wildman–Crippen LogP) is 3.27. The molecule has 0 atom stereocenters. The van der Waals surface area contributed by atoms with E-state index in [-0.39, 0.29) is 17.1 Å². The molecular weight excluding hydrogens is 374 g/mol. The minimum Gasteiger partial charge on any atom is -0.325 e. The van der Waals surface area contributed by atoms with Crippen molar-refractivity contribution in [1.29, 1.82) is 0 Å². The summed E-state index contributed by atoms with van der Waals surface area (Å²) in [5, 5.41) is 2.72. The quantitative estimate of drug-likeness (QED) is 0.825. The summed E-state index contributed by atoms with van der Waals surface area (Å²) in [4.78, 5) is 12.1. The molecule has 134 valence electrons. The molecule has 0 radical (unpaired) electrons. The molecule has 0 saturated heterocycles. The van der Waals surface area contributed by atoms with Crippen molar-refractivity contribution in [2.45, 2.75) is 11.8 Å². The van der Waals surface area contributed by atoms with Crippen LogP contribution >= 0.6 is 11.6 Å². The highest BCUT2D eigenvalue weighted by Gasteiger charge is 2.25. The third kappa shape index (κ3) is 4.75. The largest absolute Gasteiger partial charge is 0.325 e. The minimum absolute atomic E-state index is 0.000577. The molecule has 0 fully saturated rings. The number of likely N-dealkylation sites (N-methyl/N-ethyl adjacent to an activating group) is 1. The topological polar surface area (TPSA) is 66.5 Å². The van der Waals surface area contributed by atoms with E-state index < -0.39 is 34.1 Å². The molecule has 25 heavy (non-hydrogen) atoms. The third-order valence-corrected chi connectivity index (χ3v) is 5.51. The number of sulfonamides is 1. The van der Waals surface area contributed by atoms with Crippen LogP contribution in [-0.4, -0.2) is 31.7 Å². The fraction of sp³-hybridized carbons (Fsp3) is 0.188. The zero-order chi connectivity index (χ0) is 18.6. The van der Waals surface area contributed by atoms with Gasteiger partial charge in [-0.3, -0.25) is 4.79 Å². The lowest BCUT2D eigenvalue weighted by Crippen LogP contribution is -2.37. The number of nitrogens with one attached hydrogen (secondary N) is 1. The summed E-state index contributed by atoms with van der Waals surface area (Å²) >= 11 is 5.74. The summed E-state index contributed by atoms with van der Waals surface area (Å²) in [5.41, 5.74) is 0.0313. The van der Waals surface area contributed by atoms with Crippen molar-refractivity contribution >= 4 is 33.2 Å². The Morgan fingerprint density at radius 1 is 1.12 bits per heavy atom. The smallest absolute Gasteiger partial charge is 0.243 e. The van der Waals surface area contributed by atoms with E-state index in [1.165, 1.54) is 30.3 Å². The Morgan fingerprint density at radius 3 is 2.32 bits per heavy atom. The van der Waals surface area contributed by atoms with Crippen LogP contribution in [0.5, 0.6) is 0 Å². The molecule has 0 unspecified atom stereocenters. The van der Waals surface area contributed by atoms with E-state index in [1.807, 2.05) is 0 Å². The monoisotopic (exact) mass is 388 g/mol. The molecule has 0 heterocycles. The maximum absolute atomic E-state index is 13.2. The average Bonchev–Trinajstić information content (AvgIpc) is 2.56. The van der Waals surface area contributed by atoms with Gasteiger partial charge in [-0.1, -0.05) is 18.5 Å². The van der Waals surface area contributed by atoms with Crippen molar-refractivity contribution < 1.29 is 22.0 Å². The number of carbonyl (C=O) groups is 1. The molecule has 0 aliphatic heterocycles. The summed E-state index contributed by atoms with van der Waals surface area (Å²) in [7, 11) is -3.89. The highest BCUT2D eigenvalue weighted by atomic mass is 35.5. The van der Waals surface area contributed by atoms with Crippen LogP contribution in [-0.2, 0) is 14.8 Å². The van der Waals surface area contributed by atoms with Crippen LogP contribution in [0.1, 0.15) is 6.92 Å². The highest BCUT2D eigenvalue weighted by molar-refractivity contribution is 7.89. The number of rotatable bonds is 6. The number of anilines is 1. The molecular formula is C16H15ClF2N2O3S. The first-order valence-electron chi connectivity index (χ1n) is 7.24. The molecule has 0 saturated carbocycles. The lowest BCUT2D eigenvalue weighted by molar-refractivity contribution is -0.116. The minimum atomic E-state index is -3.89. The van der Waals surface area contributed by atoms with Crippen LogP contribution in [0.15, 0.2) is 47.4 Å². The van der Waals surface area contributed by atoms with Crippen molar-refractivity contribution in [2.75, 3.05) is 18.4 Å². The Bertz CT molecular complexity index is 873. The number of amides is 1. The Balaban J connectivity index is 2.13. The van der Waals surface area contributed by atoms with Crippen LogP contribution in [0.2, 0.25) is 5.02 Å². The second-order valence-corrected chi connectivity index (χ2v) is 7.44. The number of nitrogens with zero attached hydrogens (tertiary/aromatic N) is 1. The van der Waals surface area contributed by atoms with Gasteiger partial charge in [0.15, 0.2) is 11.6 Å². The molecule has 0 spiro atoms. The molecule has 1 amide bonds. The highest BCUT2D eigenvalue weighted by Crippen LogP contribution is 2.19. The summed E-state index contributed by atoms with van der Waals surface area (Å²) < 4.78 is 52.1. The Morgan fingerprint density at radius 2 is 1.76 bits per heavy atom. The lowest BCUT2D eigenvalue weighted by Gasteiger charge is -2.20. The van der Waals surface area contributed by atoms with Gasteiger partial charge in [0.25, 0.3) is 0 Å². The molecule has 0 aliphatic rings. The second kappa shape index (κ2) is 7.90. The van der Waals surface area contributed by atoms with Crippen LogP contribution in [0.25, 0.3) is 0 Å². The molecule has 9 heteroatoms. The first kappa shape index (κ1) is 19.3. The summed E-state index contributed by atoms with van der Waals surface area (Å²) in [6.45, 7) is 1.16. The van der Waals surface area contributed by atoms with E-state index in [1.54, 1.807) is 6.92 Å². The molecule has 2 aromatic rings. The Labute approximate surface area is 149 Å². The number of hydrogen-bond acceptors (Lipinski definition) is 3. The van der Waals surface area contributed by atoms with Crippen LogP contribution < -0.4 is 5.32 Å². The normalized spacial score (nSPS) is 11.6. The van der Waals surface area contributed by atoms with Gasteiger partial charge in [0.2, 0.25) is 15.9 Å². The molecule has 0 aliphatic carbocycles. The lowest BCUT2D eigenvalue weighted by atomic mass is 10.3. The first-order valence-corrected chi connectivity index (χ1v) is 9.06. The van der Waals surface area contributed by atoms with Crippen molar-refractivity contribution in [3.8, 4) is 0 Å². The van der Waals surface area contributed by atoms with Crippen molar-refractivity contribution in [3.05, 3.63) is 59.1 Å². The van der Waals surface area contributed by atoms with Gasteiger partial charge >= 0.3 is 0 Å². The number of halogens is 3. The average molecular weight is 389 g/mol. The van der Waals surface area contributed by atoms with E-state index >= 15 is 0 Å². The van der Waals surface area contributed by atoms with E-state index in [2.05, 4.69) is 5.32 Å². The van der Waals surface area contributed by atoms with Crippen LogP contribution in [0.4, 0.5) is 14.5 Å². The van der Waals surface area contributed by atoms with Gasteiger partial charge in [0.1, 0.15) is 0 Å². The molecule has 1 N–H and O–H groups in total. The maximum Gasteiger partial charge on any atom is 0.243 e. The van der Waals surface area contributed by atoms with Gasteiger partial charge in [-0.25, -0.2) is 17.2 Å². The van der Waals surface area contributed by atoms with Crippen LogP contribution in [0, 0.1) is 11.6 Å². The van der Waals surface area contributed by atoms with Gasteiger partial charge in [-0.05, 0) is 36.4 Å². The summed E-state index contributed by atoms with van der Waals surface area (Å²) in [6.07, 6.45) is 0. The summed E-state index contributed by atoms with van der Waals surface area (Å²) in [6, 6.07) is 8.42. The van der Waals surface area contributed by atoms with Crippen LogP contribution in [0.3, 0.4) is 0 Å². The standard InChI is InChI=1S/C16H15ClF2N2O3S/c1-2-21(25(23,24)13-6-3-11(17)4-7-13)10-16(22)20-12-5-8-14(18)15(19)9-12/h3-9H,2,10H2,1H3,(H,20,22). The van der Waals surface area contributed by atoms with E-state index in [0.29, 0.717) is 5.02 Å². The first-order chi connectivity index (χ1) is 11.7. The maximum atomic E-state index is 13.2. The zero-order valence-corrected chi connectivity index (χ0v) is 14.7. The zero-order valence-electron chi connectivity index (χ0n) is 13.2. The Kier molecular flexibility index (Phi) is 6.10. The molecule has 0 bridgehead atoms. The van der Waals surface area contributed by atoms with E-state index in [0.717, 1.165) is 16.4 Å². The number of benzene rings is 2. The van der Waals surface area contributed by atoms with Crippen molar-refractivity contribution in [1.82, 2.24) is 4.31 Å². The molecule has 0 aromatic heterocycles. The van der Waals surface area contributed by atoms with Gasteiger partial charge < -0.3 is 5.32 Å². The number of carbonyl (C=O) groups excluding carboxylic acids is 1. The van der Waals surface area contributed by atoms with E-state index in [4.69, 9.17) is 11.6 Å². The summed E-state index contributed by atoms with van der Waals surface area (Å²) in [5.74, 6) is -2.83. The Hall–Kier alpha value is -2.03. The second-order valence-electron chi connectivity index (χ2n) is 5.06. The van der Waals surface area contributed by atoms with Crippen molar-refractivity contribution in [2.24, 2.45) is 0 Å². The fourth-order valence-corrected chi connectivity index (χ4v) is 3.59. The van der Waals surface area contributed by atoms with Gasteiger partial charge in [0.05, 0.1) is 11.4 Å². The molecule has 5 nitrogen and oxygen atoms in total. The third-order valence-electron chi connectivity index (χ3n) is 3.33. The SMILES string of the molecule is CCN(CC(=O)Nc1ccc(F)c(F)c1)S(=O)(=O)c1ccc(Cl)cc1.